The third kappa shape index (κ3) is 4.05. The number of carbonyl (C=O) groups is 1. The topological polar surface area (TPSA) is 93.2 Å². The average molecular weight is 498 g/mol. The van der Waals surface area contributed by atoms with E-state index < -0.39 is 10.0 Å². The molecule has 1 amide bonds. The van der Waals surface area contributed by atoms with E-state index in [1.54, 1.807) is 16.4 Å². The van der Waals surface area contributed by atoms with E-state index in [9.17, 15) is 13.2 Å². The maximum Gasteiger partial charge on any atom is 0.243 e. The van der Waals surface area contributed by atoms with Gasteiger partial charge in [-0.1, -0.05) is 0 Å². The molecule has 0 bridgehead atoms. The van der Waals surface area contributed by atoms with Crippen molar-refractivity contribution in [3.8, 4) is 0 Å². The molecule has 1 aromatic carbocycles. The molecule has 11 heteroatoms. The largest absolute Gasteiger partial charge is 0.353 e. The Kier molecular flexibility index (Phi) is 5.65. The lowest BCUT2D eigenvalue weighted by Crippen LogP contribution is -2.49. The Morgan fingerprint density at radius 2 is 1.31 bits per heavy atom. The Morgan fingerprint density at radius 3 is 1.91 bits per heavy atom. The van der Waals surface area contributed by atoms with E-state index in [-0.39, 0.29) is 5.91 Å². The number of nitrogens with zero attached hydrogens (tertiary/aromatic N) is 7. The van der Waals surface area contributed by atoms with Crippen LogP contribution < -0.4 is 14.7 Å². The van der Waals surface area contributed by atoms with Crippen molar-refractivity contribution in [1.82, 2.24) is 19.4 Å². The third-order valence-corrected chi connectivity index (χ3v) is 9.57. The summed E-state index contributed by atoms with van der Waals surface area (Å²) in [6.45, 7) is 6.52. The number of hydrogen-bond donors (Lipinski definition) is 0. The summed E-state index contributed by atoms with van der Waals surface area (Å²) >= 11 is 0. The Bertz CT molecular complexity index is 1230. The molecule has 10 nitrogen and oxygen atoms in total. The smallest absolute Gasteiger partial charge is 0.243 e. The van der Waals surface area contributed by atoms with Crippen LogP contribution >= 0.6 is 0 Å². The Hall–Kier alpha value is -2.76. The number of sulfonamides is 1. The molecule has 4 aliphatic rings. The van der Waals surface area contributed by atoms with Crippen molar-refractivity contribution >= 4 is 33.3 Å². The van der Waals surface area contributed by atoms with E-state index >= 15 is 0 Å². The summed E-state index contributed by atoms with van der Waals surface area (Å²) in [6.07, 6.45) is 1.77. The SMILES string of the molecule is CN1CCN(c2ccc(N3CCN(S(=O)(=O)c4cc5c6c(c4)CCN6C(=O)CC5)CC3)nn2)CC1. The van der Waals surface area contributed by atoms with Crippen molar-refractivity contribution in [2.75, 3.05) is 80.7 Å². The number of amides is 1. The first kappa shape index (κ1) is 22.7. The molecular weight excluding hydrogens is 466 g/mol. The van der Waals surface area contributed by atoms with Crippen molar-refractivity contribution in [2.45, 2.75) is 24.2 Å². The van der Waals surface area contributed by atoms with Crippen LogP contribution in [0.3, 0.4) is 0 Å². The summed E-state index contributed by atoms with van der Waals surface area (Å²) in [5, 5.41) is 8.89. The molecule has 6 rings (SSSR count). The van der Waals surface area contributed by atoms with Gasteiger partial charge in [-0.25, -0.2) is 8.42 Å². The van der Waals surface area contributed by atoms with Gasteiger partial charge in [0, 0.05) is 65.3 Å². The minimum Gasteiger partial charge on any atom is -0.353 e. The zero-order chi connectivity index (χ0) is 24.2. The Balaban J connectivity index is 1.13. The number of likely N-dealkylation sites (N-methyl/N-ethyl adjacent to an activating group) is 1. The molecule has 2 fully saturated rings. The average Bonchev–Trinajstić information content (AvgIpc) is 3.32. The number of carbonyl (C=O) groups excluding carboxylic acids is 1. The van der Waals surface area contributed by atoms with Gasteiger partial charge in [0.1, 0.15) is 0 Å². The maximum atomic E-state index is 13.5. The number of hydrogen-bond acceptors (Lipinski definition) is 8. The van der Waals surface area contributed by atoms with Gasteiger partial charge in [0.2, 0.25) is 15.9 Å². The van der Waals surface area contributed by atoms with Crippen LogP contribution in [0.5, 0.6) is 0 Å². The number of piperazine rings is 2. The zero-order valence-electron chi connectivity index (χ0n) is 20.1. The fourth-order valence-corrected chi connectivity index (χ4v) is 7.10. The fraction of sp³-hybridized carbons (Fsp3) is 0.542. The van der Waals surface area contributed by atoms with Gasteiger partial charge < -0.3 is 19.6 Å². The minimum atomic E-state index is -3.60. The molecule has 2 saturated heterocycles. The highest BCUT2D eigenvalue weighted by atomic mass is 32.2. The summed E-state index contributed by atoms with van der Waals surface area (Å²) in [4.78, 5) is 21.0. The predicted molar refractivity (Wildman–Crippen MR) is 134 cm³/mol. The van der Waals surface area contributed by atoms with Crippen LogP contribution in [0.15, 0.2) is 29.2 Å². The molecule has 1 aromatic heterocycles. The van der Waals surface area contributed by atoms with Gasteiger partial charge in [-0.15, -0.1) is 10.2 Å². The summed E-state index contributed by atoms with van der Waals surface area (Å²) in [7, 11) is -1.47. The van der Waals surface area contributed by atoms with Gasteiger partial charge >= 0.3 is 0 Å². The standard InChI is InChI=1S/C24H31N7O3S/c1-27-8-10-28(11-9-27)21-3-4-22(26-25-21)29-12-14-30(15-13-29)35(33,34)20-16-18-2-5-23(32)31-7-6-19(17-20)24(18)31/h3-4,16-17H,2,5-15H2,1H3. The van der Waals surface area contributed by atoms with Crippen LogP contribution in [0, 0.1) is 0 Å². The highest BCUT2D eigenvalue weighted by Crippen LogP contribution is 2.39. The summed E-state index contributed by atoms with van der Waals surface area (Å²) in [5.41, 5.74) is 2.90. The van der Waals surface area contributed by atoms with Crippen molar-refractivity contribution in [1.29, 1.82) is 0 Å². The predicted octanol–water partition coefficient (Wildman–Crippen LogP) is 0.575. The highest BCUT2D eigenvalue weighted by molar-refractivity contribution is 7.89. The molecule has 4 aliphatic heterocycles. The lowest BCUT2D eigenvalue weighted by molar-refractivity contribution is -0.118. The number of aryl methyl sites for hydroxylation is 1. The summed E-state index contributed by atoms with van der Waals surface area (Å²) in [6, 6.07) is 7.57. The van der Waals surface area contributed by atoms with Gasteiger partial charge in [0.05, 0.1) is 10.6 Å². The molecular formula is C24H31N7O3S. The fourth-order valence-electron chi connectivity index (χ4n) is 5.57. The second kappa shape index (κ2) is 8.72. The second-order valence-electron chi connectivity index (χ2n) is 9.82. The van der Waals surface area contributed by atoms with Crippen LogP contribution in [-0.4, -0.2) is 99.7 Å². The maximum absolute atomic E-state index is 13.5. The molecule has 186 valence electrons. The van der Waals surface area contributed by atoms with Crippen molar-refractivity contribution < 1.29 is 13.2 Å². The first-order valence-electron chi connectivity index (χ1n) is 12.4. The summed E-state index contributed by atoms with van der Waals surface area (Å²) < 4.78 is 28.6. The van der Waals surface area contributed by atoms with Crippen molar-refractivity contribution in [3.05, 3.63) is 35.4 Å². The second-order valence-corrected chi connectivity index (χ2v) is 11.8. The normalized spacial score (nSPS) is 21.5. The molecule has 0 radical (unpaired) electrons. The monoisotopic (exact) mass is 497 g/mol. The lowest BCUT2D eigenvalue weighted by atomic mass is 10.00. The van der Waals surface area contributed by atoms with Crippen LogP contribution in [0.1, 0.15) is 17.5 Å². The van der Waals surface area contributed by atoms with Gasteiger partial charge in [-0.05, 0) is 55.3 Å². The van der Waals surface area contributed by atoms with Crippen LogP contribution in [0.4, 0.5) is 17.3 Å². The first-order chi connectivity index (χ1) is 16.9. The van der Waals surface area contributed by atoms with Crippen LogP contribution in [-0.2, 0) is 27.7 Å². The third-order valence-electron chi connectivity index (χ3n) is 7.69. The Labute approximate surface area is 206 Å². The number of aromatic nitrogens is 2. The molecule has 0 unspecified atom stereocenters. The molecule has 0 N–H and O–H groups in total. The van der Waals surface area contributed by atoms with E-state index in [0.29, 0.717) is 56.9 Å². The van der Waals surface area contributed by atoms with Crippen molar-refractivity contribution in [2.24, 2.45) is 0 Å². The van der Waals surface area contributed by atoms with Gasteiger partial charge in [-0.3, -0.25) is 4.79 Å². The molecule has 0 saturated carbocycles. The zero-order valence-corrected chi connectivity index (χ0v) is 20.9. The number of anilines is 3. The quantitative estimate of drug-likeness (QED) is 0.606. The Morgan fingerprint density at radius 1 is 0.743 bits per heavy atom. The molecule has 35 heavy (non-hydrogen) atoms. The molecule has 2 aromatic rings. The van der Waals surface area contributed by atoms with E-state index in [0.717, 1.165) is 54.6 Å². The van der Waals surface area contributed by atoms with Gasteiger partial charge in [0.15, 0.2) is 11.6 Å². The van der Waals surface area contributed by atoms with Crippen LogP contribution in [0.2, 0.25) is 0 Å². The molecule has 0 aliphatic carbocycles. The molecule has 5 heterocycles. The number of benzene rings is 1. The van der Waals surface area contributed by atoms with E-state index in [4.69, 9.17) is 0 Å². The van der Waals surface area contributed by atoms with Crippen LogP contribution in [0.25, 0.3) is 0 Å². The minimum absolute atomic E-state index is 0.141. The van der Waals surface area contributed by atoms with Gasteiger partial charge in [-0.2, -0.15) is 4.31 Å². The van der Waals surface area contributed by atoms with E-state index in [1.165, 1.54) is 0 Å². The number of rotatable bonds is 4. The highest BCUT2D eigenvalue weighted by Gasteiger charge is 2.35. The van der Waals surface area contributed by atoms with Gasteiger partial charge in [0.25, 0.3) is 0 Å². The molecule has 0 spiro atoms. The van der Waals surface area contributed by atoms with E-state index in [2.05, 4.69) is 31.9 Å². The summed E-state index contributed by atoms with van der Waals surface area (Å²) in [5.74, 6) is 1.82. The molecule has 0 atom stereocenters. The lowest BCUT2D eigenvalue weighted by Gasteiger charge is -2.35. The van der Waals surface area contributed by atoms with Crippen molar-refractivity contribution in [3.63, 3.8) is 0 Å². The van der Waals surface area contributed by atoms with E-state index in [1.807, 2.05) is 17.0 Å². The first-order valence-corrected chi connectivity index (χ1v) is 13.8.